The third-order valence-electron chi connectivity index (χ3n) is 1.14. The smallest absolute Gasteiger partial charge is 0.321 e. The molecule has 0 aliphatic rings. The summed E-state index contributed by atoms with van der Waals surface area (Å²) in [5.74, 6) is 0. The van der Waals surface area contributed by atoms with Gasteiger partial charge in [-0.25, -0.2) is 9.65 Å². The predicted molar refractivity (Wildman–Crippen MR) is 45.8 cm³/mol. The van der Waals surface area contributed by atoms with Crippen LogP contribution >= 0.6 is 15.3 Å². The molecule has 0 amide bonds. The van der Waals surface area contributed by atoms with E-state index in [1.807, 2.05) is 0 Å². The molecule has 0 aromatic carbocycles. The average Bonchev–Trinajstić information content (AvgIpc) is 1.82. The van der Waals surface area contributed by atoms with E-state index in [1.54, 1.807) is 5.09 Å². The van der Waals surface area contributed by atoms with Crippen molar-refractivity contribution >= 4 is 15.3 Å². The Morgan fingerprint density at radius 2 is 1.69 bits per heavy atom. The summed E-state index contributed by atoms with van der Waals surface area (Å²) in [6, 6.07) is 0. The van der Waals surface area contributed by atoms with E-state index in [-0.39, 0.29) is 18.3 Å². The third kappa shape index (κ3) is 7.10. The van der Waals surface area contributed by atoms with E-state index in [0.717, 1.165) is 0 Å². The van der Waals surface area contributed by atoms with Crippen LogP contribution in [0.5, 0.6) is 0 Å². The highest BCUT2D eigenvalue weighted by molar-refractivity contribution is 7.56. The first-order valence-electron chi connectivity index (χ1n) is 3.17. The molecule has 0 atom stereocenters. The Kier molecular flexibility index (Phi) is 4.48. The molecule has 78 valence electrons. The highest BCUT2D eigenvalue weighted by Crippen LogP contribution is 2.45. The predicted octanol–water partition coefficient (Wildman–Crippen LogP) is -0.250. The zero-order valence-corrected chi connectivity index (χ0v) is 8.41. The molecule has 13 heavy (non-hydrogen) atoms. The summed E-state index contributed by atoms with van der Waals surface area (Å²) >= 11 is 0. The van der Waals surface area contributed by atoms with Crippen LogP contribution in [-0.2, 0) is 9.13 Å². The first kappa shape index (κ1) is 13.0. The van der Waals surface area contributed by atoms with E-state index in [0.29, 0.717) is 0 Å². The van der Waals surface area contributed by atoms with Gasteiger partial charge in [0.15, 0.2) is 0 Å². The fourth-order valence-corrected chi connectivity index (χ4v) is 1.30. The maximum atomic E-state index is 10.5. The average molecular weight is 231 g/mol. The Bertz CT molecular complexity index is 276. The molecule has 5 N–H and O–H groups in total. The number of nitrogens with one attached hydrogen (secondary N) is 1. The van der Waals surface area contributed by atoms with Gasteiger partial charge in [0.1, 0.15) is 0 Å². The lowest BCUT2D eigenvalue weighted by molar-refractivity contribution is 0.356. The Hall–Kier alpha value is -0.0000000000000000416. The van der Waals surface area contributed by atoms with Gasteiger partial charge in [0.2, 0.25) is 0 Å². The largest absolute Gasteiger partial charge is 0.400 e. The molecular weight excluding hydrogens is 220 g/mol. The Morgan fingerprint density at radius 1 is 1.23 bits per heavy atom. The molecule has 0 aliphatic heterocycles. The zero-order chi connectivity index (χ0) is 10.7. The van der Waals surface area contributed by atoms with Gasteiger partial charge in [-0.3, -0.25) is 4.57 Å². The van der Waals surface area contributed by atoms with Gasteiger partial charge in [-0.1, -0.05) is 6.58 Å². The highest BCUT2D eigenvalue weighted by Gasteiger charge is 2.19. The van der Waals surface area contributed by atoms with E-state index in [4.69, 9.17) is 19.6 Å². The summed E-state index contributed by atoms with van der Waals surface area (Å²) in [5, 5.41) is 1.43. The summed E-state index contributed by atoms with van der Waals surface area (Å²) < 4.78 is 20.7. The monoisotopic (exact) mass is 231 g/mol. The van der Waals surface area contributed by atoms with Gasteiger partial charge in [0.25, 0.3) is 0 Å². The molecule has 0 saturated carbocycles. The standard InChI is InChI=1S/C4H11NO6P2/c1-4(12(6,7)8)2-3-5-13(9,10)11/h1-3H2,(H2,6,7,8)(H3,5,9,10,11). The van der Waals surface area contributed by atoms with Gasteiger partial charge in [-0.2, -0.15) is 0 Å². The Labute approximate surface area is 74.9 Å². The van der Waals surface area contributed by atoms with Crippen molar-refractivity contribution in [1.82, 2.24) is 5.09 Å². The normalized spacial score (nSPS) is 12.9. The van der Waals surface area contributed by atoms with Gasteiger partial charge in [-0.15, -0.1) is 0 Å². The second-order valence-corrected chi connectivity index (χ2v) is 5.44. The molecule has 0 unspecified atom stereocenters. The van der Waals surface area contributed by atoms with E-state index in [2.05, 4.69) is 6.58 Å². The van der Waals surface area contributed by atoms with Crippen molar-refractivity contribution in [3.8, 4) is 0 Å². The van der Waals surface area contributed by atoms with E-state index < -0.39 is 15.3 Å². The van der Waals surface area contributed by atoms with Crippen LogP contribution in [0.4, 0.5) is 0 Å². The minimum atomic E-state index is -4.33. The van der Waals surface area contributed by atoms with Crippen LogP contribution < -0.4 is 5.09 Å². The van der Waals surface area contributed by atoms with Gasteiger partial charge >= 0.3 is 15.3 Å². The number of hydrogen-bond acceptors (Lipinski definition) is 2. The Morgan fingerprint density at radius 3 is 2.00 bits per heavy atom. The molecule has 0 aliphatic carbocycles. The van der Waals surface area contributed by atoms with Crippen LogP contribution in [0.2, 0.25) is 0 Å². The summed E-state index contributed by atoms with van der Waals surface area (Å²) in [6.07, 6.45) is -0.185. The molecule has 0 spiro atoms. The minimum absolute atomic E-state index is 0.185. The van der Waals surface area contributed by atoms with Crippen molar-refractivity contribution < 1.29 is 28.7 Å². The van der Waals surface area contributed by atoms with E-state index >= 15 is 0 Å². The molecule has 0 aromatic rings. The first-order valence-corrected chi connectivity index (χ1v) is 6.40. The molecule has 0 fully saturated rings. The summed E-state index contributed by atoms with van der Waals surface area (Å²) in [4.78, 5) is 33.6. The second kappa shape index (κ2) is 4.48. The van der Waals surface area contributed by atoms with Crippen molar-refractivity contribution in [3.05, 3.63) is 11.9 Å². The lowest BCUT2D eigenvalue weighted by Crippen LogP contribution is -2.11. The molecule has 0 radical (unpaired) electrons. The van der Waals surface area contributed by atoms with Crippen LogP contribution in [0.1, 0.15) is 6.42 Å². The van der Waals surface area contributed by atoms with Crippen molar-refractivity contribution in [1.29, 1.82) is 0 Å². The second-order valence-electron chi connectivity index (χ2n) is 2.31. The molecule has 0 saturated heterocycles. The third-order valence-corrected chi connectivity index (χ3v) is 2.83. The fraction of sp³-hybridized carbons (Fsp3) is 0.500. The Balaban J connectivity index is 3.87. The van der Waals surface area contributed by atoms with Crippen LogP contribution in [0.15, 0.2) is 11.9 Å². The van der Waals surface area contributed by atoms with E-state index in [1.165, 1.54) is 0 Å². The molecule has 0 heterocycles. The van der Waals surface area contributed by atoms with Crippen LogP contribution in [-0.4, -0.2) is 26.1 Å². The van der Waals surface area contributed by atoms with Gasteiger partial charge < -0.3 is 19.6 Å². The number of rotatable bonds is 5. The molecule has 0 bridgehead atoms. The fourth-order valence-electron chi connectivity index (χ4n) is 0.491. The highest BCUT2D eigenvalue weighted by atomic mass is 31.2. The van der Waals surface area contributed by atoms with Crippen LogP contribution in [0.3, 0.4) is 0 Å². The van der Waals surface area contributed by atoms with E-state index in [9.17, 15) is 9.13 Å². The van der Waals surface area contributed by atoms with Crippen LogP contribution in [0, 0.1) is 0 Å². The molecule has 0 aromatic heterocycles. The quantitative estimate of drug-likeness (QED) is 0.413. The summed E-state index contributed by atoms with van der Waals surface area (Å²) in [5.41, 5.74) is 0. The lowest BCUT2D eigenvalue weighted by atomic mass is 10.4. The minimum Gasteiger partial charge on any atom is -0.321 e. The van der Waals surface area contributed by atoms with Crippen molar-refractivity contribution in [3.63, 3.8) is 0 Å². The van der Waals surface area contributed by atoms with Crippen molar-refractivity contribution in [2.24, 2.45) is 0 Å². The SMILES string of the molecule is C=C(CCNP(=O)(O)O)P(=O)(O)O. The summed E-state index contributed by atoms with van der Waals surface area (Å²) in [7, 11) is -8.64. The number of hydrogen-bond donors (Lipinski definition) is 5. The summed E-state index contributed by atoms with van der Waals surface area (Å²) in [6.45, 7) is 2.86. The molecule has 0 rings (SSSR count). The topological polar surface area (TPSA) is 127 Å². The van der Waals surface area contributed by atoms with Gasteiger partial charge in [0.05, 0.1) is 0 Å². The zero-order valence-electron chi connectivity index (χ0n) is 6.62. The van der Waals surface area contributed by atoms with Gasteiger partial charge in [0, 0.05) is 11.9 Å². The first-order chi connectivity index (χ1) is 5.63. The van der Waals surface area contributed by atoms with Gasteiger partial charge in [-0.05, 0) is 6.42 Å². The molecule has 7 nitrogen and oxygen atoms in total. The maximum Gasteiger partial charge on any atom is 0.400 e. The van der Waals surface area contributed by atoms with Crippen molar-refractivity contribution in [2.45, 2.75) is 6.42 Å². The molecule has 9 heteroatoms. The maximum absolute atomic E-state index is 10.5. The van der Waals surface area contributed by atoms with Crippen molar-refractivity contribution in [2.75, 3.05) is 6.54 Å². The molecular formula is C4H11NO6P2. The lowest BCUT2D eigenvalue weighted by Gasteiger charge is -2.08. The van der Waals surface area contributed by atoms with Crippen LogP contribution in [0.25, 0.3) is 0 Å².